The summed E-state index contributed by atoms with van der Waals surface area (Å²) in [6.07, 6.45) is 2.29. The van der Waals surface area contributed by atoms with Crippen molar-refractivity contribution in [3.63, 3.8) is 0 Å². The number of nitrogens with zero attached hydrogens (tertiary/aromatic N) is 1. The summed E-state index contributed by atoms with van der Waals surface area (Å²) in [5.74, 6) is 0. The lowest BCUT2D eigenvalue weighted by molar-refractivity contribution is -0.0552. The number of halogens is 1. The van der Waals surface area contributed by atoms with Crippen molar-refractivity contribution in [2.24, 2.45) is 0 Å². The summed E-state index contributed by atoms with van der Waals surface area (Å²) < 4.78 is 6.59. The van der Waals surface area contributed by atoms with Gasteiger partial charge in [0.2, 0.25) is 0 Å². The second-order valence-corrected chi connectivity index (χ2v) is 4.16. The van der Waals surface area contributed by atoms with Crippen LogP contribution in [0.25, 0.3) is 0 Å². The summed E-state index contributed by atoms with van der Waals surface area (Å²) in [4.78, 5) is 2.46. The van der Waals surface area contributed by atoms with Gasteiger partial charge in [-0.2, -0.15) is 0 Å². The van der Waals surface area contributed by atoms with Crippen LogP contribution in [0.2, 0.25) is 0 Å². The average molecular weight is 251 g/mol. The summed E-state index contributed by atoms with van der Waals surface area (Å²) in [6.45, 7) is 4.16. The first-order chi connectivity index (χ1) is 4.86. The van der Waals surface area contributed by atoms with Crippen LogP contribution in [0.4, 0.5) is 0 Å². The molecule has 0 spiro atoms. The van der Waals surface area contributed by atoms with E-state index in [0.29, 0.717) is 6.04 Å². The van der Waals surface area contributed by atoms with Gasteiger partial charge in [-0.1, -0.05) is 6.08 Å². The van der Waals surface area contributed by atoms with Crippen molar-refractivity contribution in [2.75, 3.05) is 26.3 Å². The van der Waals surface area contributed by atoms with Crippen molar-refractivity contribution in [3.05, 3.63) is 9.66 Å². The molecule has 0 aromatic heterocycles. The maximum Gasteiger partial charge on any atom is 0.0645 e. The molecule has 56 valence electrons. The van der Waals surface area contributed by atoms with Crippen molar-refractivity contribution in [1.82, 2.24) is 4.90 Å². The predicted molar refractivity (Wildman–Crippen MR) is 48.3 cm³/mol. The number of ether oxygens (including phenoxy) is 1. The Morgan fingerprint density at radius 2 is 2.40 bits per heavy atom. The average Bonchev–Trinajstić information content (AvgIpc) is 2.10. The highest BCUT2D eigenvalue weighted by atomic mass is 127. The molecule has 0 unspecified atom stereocenters. The van der Waals surface area contributed by atoms with Crippen molar-refractivity contribution in [2.45, 2.75) is 6.04 Å². The second-order valence-electron chi connectivity index (χ2n) is 2.77. The zero-order valence-corrected chi connectivity index (χ0v) is 7.87. The molecule has 3 heteroatoms. The molecule has 1 saturated heterocycles. The molecule has 2 aliphatic rings. The van der Waals surface area contributed by atoms with Gasteiger partial charge >= 0.3 is 0 Å². The molecule has 2 heterocycles. The van der Waals surface area contributed by atoms with Gasteiger partial charge in [-0.3, -0.25) is 4.90 Å². The fraction of sp³-hybridized carbons (Fsp3) is 0.714. The summed E-state index contributed by atoms with van der Waals surface area (Å²) in [5.41, 5.74) is 0. The lowest BCUT2D eigenvalue weighted by atomic mass is 10.2. The van der Waals surface area contributed by atoms with Crippen LogP contribution in [0.15, 0.2) is 9.66 Å². The van der Waals surface area contributed by atoms with E-state index in [9.17, 15) is 0 Å². The topological polar surface area (TPSA) is 12.5 Å². The Hall–Kier alpha value is 0.390. The second kappa shape index (κ2) is 2.79. The molecule has 0 radical (unpaired) electrons. The lowest BCUT2D eigenvalue weighted by Gasteiger charge is -2.34. The summed E-state index contributed by atoms with van der Waals surface area (Å²) >= 11 is 2.40. The molecule has 2 nitrogen and oxygen atoms in total. The predicted octanol–water partition coefficient (Wildman–Crippen LogP) is 1.02. The standard InChI is InChI=1S/C7H10INO/c8-6-1-2-9(3-6)7-4-10-5-7/h1,7H,2-5H2. The van der Waals surface area contributed by atoms with Gasteiger partial charge in [0.15, 0.2) is 0 Å². The minimum atomic E-state index is 0.712. The molecule has 0 saturated carbocycles. The van der Waals surface area contributed by atoms with E-state index in [-0.39, 0.29) is 0 Å². The van der Waals surface area contributed by atoms with Crippen LogP contribution in [0, 0.1) is 0 Å². The number of hydrogen-bond acceptors (Lipinski definition) is 2. The molecule has 0 aromatic carbocycles. The van der Waals surface area contributed by atoms with Crippen molar-refractivity contribution in [3.8, 4) is 0 Å². The van der Waals surface area contributed by atoms with Gasteiger partial charge < -0.3 is 4.74 Å². The SMILES string of the molecule is IC1=CCN(C2COC2)C1. The molecular weight excluding hydrogens is 241 g/mol. The van der Waals surface area contributed by atoms with E-state index in [1.807, 2.05) is 0 Å². The molecule has 0 atom stereocenters. The molecule has 0 aliphatic carbocycles. The van der Waals surface area contributed by atoms with Gasteiger partial charge in [-0.05, 0) is 22.6 Å². The third-order valence-corrected chi connectivity index (χ3v) is 2.82. The normalized spacial score (nSPS) is 28.3. The van der Waals surface area contributed by atoms with Crippen LogP contribution in [-0.4, -0.2) is 37.2 Å². The third-order valence-electron chi connectivity index (χ3n) is 2.04. The summed E-state index contributed by atoms with van der Waals surface area (Å²) in [7, 11) is 0. The molecule has 1 fully saturated rings. The zero-order chi connectivity index (χ0) is 6.97. The lowest BCUT2D eigenvalue weighted by Crippen LogP contribution is -2.47. The van der Waals surface area contributed by atoms with Crippen LogP contribution >= 0.6 is 22.6 Å². The minimum Gasteiger partial charge on any atom is -0.378 e. The highest BCUT2D eigenvalue weighted by molar-refractivity contribution is 14.1. The van der Waals surface area contributed by atoms with Crippen molar-refractivity contribution in [1.29, 1.82) is 0 Å². The van der Waals surface area contributed by atoms with E-state index in [0.717, 1.165) is 26.3 Å². The summed E-state index contributed by atoms with van der Waals surface area (Å²) in [5, 5.41) is 0. The maximum atomic E-state index is 5.12. The molecule has 2 rings (SSSR count). The molecule has 10 heavy (non-hydrogen) atoms. The van der Waals surface area contributed by atoms with Crippen LogP contribution in [0.5, 0.6) is 0 Å². The van der Waals surface area contributed by atoms with Gasteiger partial charge in [-0.15, -0.1) is 0 Å². The van der Waals surface area contributed by atoms with Crippen molar-refractivity contribution >= 4 is 22.6 Å². The molecule has 2 aliphatic heterocycles. The smallest absolute Gasteiger partial charge is 0.0645 e. The first-order valence-electron chi connectivity index (χ1n) is 3.52. The third kappa shape index (κ3) is 1.22. The first kappa shape index (κ1) is 7.06. The number of hydrogen-bond donors (Lipinski definition) is 0. The quantitative estimate of drug-likeness (QED) is 0.645. The largest absolute Gasteiger partial charge is 0.378 e. The Balaban J connectivity index is 1.86. The Kier molecular flexibility index (Phi) is 1.97. The Morgan fingerprint density at radius 3 is 2.80 bits per heavy atom. The van der Waals surface area contributed by atoms with E-state index in [1.54, 1.807) is 0 Å². The van der Waals surface area contributed by atoms with E-state index in [2.05, 4.69) is 33.6 Å². The molecular formula is C7H10INO. The van der Waals surface area contributed by atoms with Crippen LogP contribution < -0.4 is 0 Å². The van der Waals surface area contributed by atoms with Gasteiger partial charge in [0.1, 0.15) is 0 Å². The Labute approximate surface area is 74.4 Å². The zero-order valence-electron chi connectivity index (χ0n) is 5.72. The Bertz CT molecular complexity index is 165. The van der Waals surface area contributed by atoms with E-state index < -0.39 is 0 Å². The van der Waals surface area contributed by atoms with Crippen LogP contribution in [0.3, 0.4) is 0 Å². The highest BCUT2D eigenvalue weighted by Crippen LogP contribution is 2.20. The van der Waals surface area contributed by atoms with Crippen molar-refractivity contribution < 1.29 is 4.74 Å². The maximum absolute atomic E-state index is 5.12. The summed E-state index contributed by atoms with van der Waals surface area (Å²) in [6, 6.07) is 0.712. The number of rotatable bonds is 1. The van der Waals surface area contributed by atoms with Crippen LogP contribution in [0.1, 0.15) is 0 Å². The van der Waals surface area contributed by atoms with Crippen LogP contribution in [-0.2, 0) is 4.74 Å². The minimum absolute atomic E-state index is 0.712. The highest BCUT2D eigenvalue weighted by Gasteiger charge is 2.27. The molecule has 0 bridgehead atoms. The fourth-order valence-corrected chi connectivity index (χ4v) is 1.89. The van der Waals surface area contributed by atoms with Gasteiger partial charge in [0.05, 0.1) is 19.3 Å². The van der Waals surface area contributed by atoms with E-state index >= 15 is 0 Å². The molecule has 0 N–H and O–H groups in total. The van der Waals surface area contributed by atoms with Gasteiger partial charge in [0.25, 0.3) is 0 Å². The fourth-order valence-electron chi connectivity index (χ4n) is 1.25. The van der Waals surface area contributed by atoms with E-state index in [4.69, 9.17) is 4.74 Å². The Morgan fingerprint density at radius 1 is 1.60 bits per heavy atom. The monoisotopic (exact) mass is 251 g/mol. The first-order valence-corrected chi connectivity index (χ1v) is 4.60. The molecule has 0 aromatic rings. The van der Waals surface area contributed by atoms with Gasteiger partial charge in [-0.25, -0.2) is 0 Å². The van der Waals surface area contributed by atoms with E-state index in [1.165, 1.54) is 3.58 Å². The molecule has 0 amide bonds. The van der Waals surface area contributed by atoms with Gasteiger partial charge in [0, 0.05) is 16.7 Å².